The van der Waals surface area contributed by atoms with E-state index in [0.29, 0.717) is 5.92 Å². The second kappa shape index (κ2) is 5.35. The van der Waals surface area contributed by atoms with Gasteiger partial charge in [0.15, 0.2) is 0 Å². The van der Waals surface area contributed by atoms with Gasteiger partial charge in [0, 0.05) is 21.6 Å². The van der Waals surface area contributed by atoms with Crippen LogP contribution < -0.4 is 10.1 Å². The lowest BCUT2D eigenvalue weighted by atomic mass is 9.88. The Labute approximate surface area is 132 Å². The highest BCUT2D eigenvalue weighted by molar-refractivity contribution is 9.10. The van der Waals surface area contributed by atoms with E-state index >= 15 is 0 Å². The second-order valence-corrected chi connectivity index (χ2v) is 6.39. The third-order valence-corrected chi connectivity index (χ3v) is 4.70. The summed E-state index contributed by atoms with van der Waals surface area (Å²) >= 11 is 3.47. The predicted molar refractivity (Wildman–Crippen MR) is 85.4 cm³/mol. The molecule has 2 aromatic carbocycles. The van der Waals surface area contributed by atoms with E-state index in [1.165, 1.54) is 5.56 Å². The van der Waals surface area contributed by atoms with Gasteiger partial charge in [0.1, 0.15) is 5.75 Å². The Balaban J connectivity index is 1.69. The van der Waals surface area contributed by atoms with E-state index in [0.717, 1.165) is 28.9 Å². The molecule has 1 saturated heterocycles. The van der Waals surface area contributed by atoms with E-state index in [1.807, 2.05) is 12.1 Å². The van der Waals surface area contributed by atoms with Crippen molar-refractivity contribution >= 4 is 21.6 Å². The van der Waals surface area contributed by atoms with Gasteiger partial charge in [0.05, 0.1) is 12.6 Å². The maximum Gasteiger partial charge on any atom is 0.205 e. The summed E-state index contributed by atoms with van der Waals surface area (Å²) in [6, 6.07) is 16.7. The molecule has 3 nitrogen and oxygen atoms in total. The Morgan fingerprint density at radius 1 is 1.05 bits per heavy atom. The number of nitrogens with one attached hydrogen (secondary N) is 1. The van der Waals surface area contributed by atoms with E-state index in [9.17, 15) is 0 Å². The Hall–Kier alpha value is -1.52. The lowest BCUT2D eigenvalue weighted by molar-refractivity contribution is -0.0747. The van der Waals surface area contributed by atoms with E-state index < -0.39 is 0 Å². The van der Waals surface area contributed by atoms with E-state index in [-0.39, 0.29) is 12.3 Å². The molecule has 1 N–H and O–H groups in total. The van der Waals surface area contributed by atoms with Gasteiger partial charge < -0.3 is 14.8 Å². The number of anilines is 1. The fourth-order valence-corrected chi connectivity index (χ4v) is 3.40. The molecule has 1 fully saturated rings. The molecule has 0 radical (unpaired) electrons. The molecule has 0 aromatic heterocycles. The average molecular weight is 346 g/mol. The predicted octanol–water partition coefficient (Wildman–Crippen LogP) is 4.36. The molecule has 0 saturated carbocycles. The number of hydrogen-bond acceptors (Lipinski definition) is 3. The van der Waals surface area contributed by atoms with Crippen molar-refractivity contribution in [2.45, 2.75) is 18.8 Å². The summed E-state index contributed by atoms with van der Waals surface area (Å²) in [4.78, 5) is 0. The van der Waals surface area contributed by atoms with E-state index in [1.54, 1.807) is 0 Å². The van der Waals surface area contributed by atoms with Crippen molar-refractivity contribution in [3.63, 3.8) is 0 Å². The molecule has 2 aromatic rings. The number of halogens is 1. The molecule has 2 aliphatic heterocycles. The first-order valence-corrected chi connectivity index (χ1v) is 8.00. The molecule has 4 rings (SSSR count). The fraction of sp³-hybridized carbons (Fsp3) is 0.294. The lowest BCUT2D eigenvalue weighted by Crippen LogP contribution is -2.36. The topological polar surface area (TPSA) is 30.5 Å². The van der Waals surface area contributed by atoms with Gasteiger partial charge in [-0.05, 0) is 36.8 Å². The van der Waals surface area contributed by atoms with Crippen LogP contribution in [0.4, 0.5) is 5.69 Å². The summed E-state index contributed by atoms with van der Waals surface area (Å²) in [5.41, 5.74) is 2.33. The van der Waals surface area contributed by atoms with Gasteiger partial charge in [-0.15, -0.1) is 0 Å². The Bertz CT molecular complexity index is 643. The van der Waals surface area contributed by atoms with Crippen molar-refractivity contribution in [2.24, 2.45) is 5.92 Å². The zero-order valence-electron chi connectivity index (χ0n) is 11.5. The number of rotatable bonds is 2. The molecule has 0 spiro atoms. The Morgan fingerprint density at radius 3 is 2.71 bits per heavy atom. The summed E-state index contributed by atoms with van der Waals surface area (Å²) in [5.74, 6) is 1.28. The molecule has 0 aliphatic carbocycles. The first-order chi connectivity index (χ1) is 10.3. The molecular formula is C17H16BrNO2. The van der Waals surface area contributed by atoms with Gasteiger partial charge in [-0.25, -0.2) is 0 Å². The number of para-hydroxylation sites is 1. The van der Waals surface area contributed by atoms with Crippen LogP contribution in [0.3, 0.4) is 0 Å². The van der Waals surface area contributed by atoms with Crippen molar-refractivity contribution in [3.8, 4) is 5.75 Å². The summed E-state index contributed by atoms with van der Waals surface area (Å²) in [6.45, 7) is 0.766. The zero-order chi connectivity index (χ0) is 14.2. The maximum atomic E-state index is 5.97. The second-order valence-electron chi connectivity index (χ2n) is 5.48. The van der Waals surface area contributed by atoms with Crippen LogP contribution in [0.2, 0.25) is 0 Å². The van der Waals surface area contributed by atoms with Crippen LogP contribution in [0, 0.1) is 5.92 Å². The number of benzene rings is 2. The van der Waals surface area contributed by atoms with Crippen molar-refractivity contribution in [2.75, 3.05) is 11.9 Å². The number of hydrogen-bond donors (Lipinski definition) is 1. The summed E-state index contributed by atoms with van der Waals surface area (Å²) in [7, 11) is 0. The van der Waals surface area contributed by atoms with Gasteiger partial charge in [0.2, 0.25) is 6.29 Å². The van der Waals surface area contributed by atoms with Gasteiger partial charge in [-0.1, -0.05) is 34.1 Å². The van der Waals surface area contributed by atoms with Crippen LogP contribution in [-0.4, -0.2) is 12.9 Å². The number of ether oxygens (including phenoxy) is 2. The lowest BCUT2D eigenvalue weighted by Gasteiger charge is -2.35. The summed E-state index contributed by atoms with van der Waals surface area (Å²) in [6.07, 6.45) is 0.889. The molecule has 21 heavy (non-hydrogen) atoms. The Kier molecular flexibility index (Phi) is 3.36. The van der Waals surface area contributed by atoms with Crippen LogP contribution in [0.1, 0.15) is 18.0 Å². The van der Waals surface area contributed by atoms with Crippen LogP contribution in [-0.2, 0) is 4.74 Å². The quantitative estimate of drug-likeness (QED) is 0.877. The van der Waals surface area contributed by atoms with Crippen LogP contribution in [0.25, 0.3) is 0 Å². The number of fused-ring (bicyclic) bond motifs is 2. The monoisotopic (exact) mass is 345 g/mol. The molecule has 0 bridgehead atoms. The van der Waals surface area contributed by atoms with Gasteiger partial charge in [0.25, 0.3) is 0 Å². The van der Waals surface area contributed by atoms with Gasteiger partial charge >= 0.3 is 0 Å². The molecule has 3 atom stereocenters. The zero-order valence-corrected chi connectivity index (χ0v) is 13.0. The summed E-state index contributed by atoms with van der Waals surface area (Å²) < 4.78 is 12.8. The molecule has 2 aliphatic rings. The van der Waals surface area contributed by atoms with E-state index in [4.69, 9.17) is 9.47 Å². The maximum absolute atomic E-state index is 5.97. The van der Waals surface area contributed by atoms with Crippen LogP contribution in [0.5, 0.6) is 5.75 Å². The molecule has 0 amide bonds. The SMILES string of the molecule is Brc1ccc(N[C@@H]2c3ccccc3O[C@@H]3OCC[C@@H]32)cc1. The standard InChI is InChI=1S/C17H16BrNO2/c18-11-5-7-12(8-6-11)19-16-13-3-1-2-4-15(13)21-17-14(16)9-10-20-17/h1-8,14,16-17,19H,9-10H2/t14-,16-,17+/m1/s1. The minimum atomic E-state index is -0.132. The average Bonchev–Trinajstić information content (AvgIpc) is 2.97. The van der Waals surface area contributed by atoms with E-state index in [2.05, 4.69) is 57.6 Å². The molecular weight excluding hydrogens is 330 g/mol. The van der Waals surface area contributed by atoms with Crippen molar-refractivity contribution in [1.82, 2.24) is 0 Å². The van der Waals surface area contributed by atoms with Crippen molar-refractivity contribution in [3.05, 3.63) is 58.6 Å². The highest BCUT2D eigenvalue weighted by atomic mass is 79.9. The molecule has 4 heteroatoms. The Morgan fingerprint density at radius 2 is 1.86 bits per heavy atom. The molecule has 0 unspecified atom stereocenters. The summed E-state index contributed by atoms with van der Waals surface area (Å²) in [5, 5.41) is 3.65. The largest absolute Gasteiger partial charge is 0.464 e. The van der Waals surface area contributed by atoms with Gasteiger partial charge in [-0.2, -0.15) is 0 Å². The fourth-order valence-electron chi connectivity index (χ4n) is 3.14. The van der Waals surface area contributed by atoms with Crippen LogP contribution >= 0.6 is 15.9 Å². The highest BCUT2D eigenvalue weighted by Gasteiger charge is 2.42. The normalized spacial score (nSPS) is 26.6. The highest BCUT2D eigenvalue weighted by Crippen LogP contribution is 2.44. The van der Waals surface area contributed by atoms with Crippen molar-refractivity contribution < 1.29 is 9.47 Å². The minimum absolute atomic E-state index is 0.132. The third kappa shape index (κ3) is 2.43. The molecule has 2 heterocycles. The first-order valence-electron chi connectivity index (χ1n) is 7.20. The van der Waals surface area contributed by atoms with Crippen LogP contribution in [0.15, 0.2) is 53.0 Å². The first kappa shape index (κ1) is 13.2. The van der Waals surface area contributed by atoms with Crippen molar-refractivity contribution in [1.29, 1.82) is 0 Å². The smallest absolute Gasteiger partial charge is 0.205 e. The van der Waals surface area contributed by atoms with Gasteiger partial charge in [-0.3, -0.25) is 0 Å². The molecule has 108 valence electrons. The third-order valence-electron chi connectivity index (χ3n) is 4.17. The minimum Gasteiger partial charge on any atom is -0.464 e.